The van der Waals surface area contributed by atoms with Crippen LogP contribution >= 0.6 is 18.9 Å². The Labute approximate surface area is 234 Å². The van der Waals surface area contributed by atoms with Gasteiger partial charge in [-0.1, -0.05) is 60.7 Å². The smallest absolute Gasteiger partial charge is 0.337 e. The highest BCUT2D eigenvalue weighted by molar-refractivity contribution is 7.98. The van der Waals surface area contributed by atoms with Gasteiger partial charge in [-0.25, -0.2) is 4.79 Å². The number of hydrogen-bond donors (Lipinski definition) is 2. The number of benzene rings is 2. The highest BCUT2D eigenvalue weighted by Gasteiger charge is 2.62. The van der Waals surface area contributed by atoms with Crippen molar-refractivity contribution < 1.29 is 24.1 Å². The molecule has 2 saturated heterocycles. The third-order valence-corrected chi connectivity index (χ3v) is 12.4. The molecule has 0 bridgehead atoms. The number of carbonyl (C=O) groups excluding carboxylic acids is 2. The molecule has 210 valence electrons. The van der Waals surface area contributed by atoms with Crippen molar-refractivity contribution >= 4 is 36.7 Å². The Morgan fingerprint density at radius 2 is 1.62 bits per heavy atom. The Kier molecular flexibility index (Phi) is 9.57. The third kappa shape index (κ3) is 5.96. The first-order chi connectivity index (χ1) is 18.7. The minimum atomic E-state index is -3.65. The molecule has 0 spiro atoms. The lowest BCUT2D eigenvalue weighted by Gasteiger charge is -2.43. The second kappa shape index (κ2) is 12.7. The summed E-state index contributed by atoms with van der Waals surface area (Å²) in [6, 6.07) is 17.0. The van der Waals surface area contributed by atoms with Gasteiger partial charge in [0.15, 0.2) is 5.28 Å². The molecule has 8 nitrogen and oxygen atoms in total. The van der Waals surface area contributed by atoms with E-state index >= 15 is 4.57 Å². The maximum Gasteiger partial charge on any atom is 0.337 e. The largest absolute Gasteiger partial charge is 0.479 e. The van der Waals surface area contributed by atoms with Crippen molar-refractivity contribution in [3.8, 4) is 0 Å². The Morgan fingerprint density at radius 1 is 1.03 bits per heavy atom. The van der Waals surface area contributed by atoms with E-state index in [9.17, 15) is 19.5 Å². The van der Waals surface area contributed by atoms with Crippen LogP contribution in [0.4, 0.5) is 0 Å². The number of nitrogens with two attached hydrogens (primary N) is 1. The van der Waals surface area contributed by atoms with Crippen molar-refractivity contribution in [3.63, 3.8) is 0 Å². The Balaban J connectivity index is 1.72. The van der Waals surface area contributed by atoms with Crippen molar-refractivity contribution in [2.45, 2.75) is 61.8 Å². The monoisotopic (exact) mass is 571 g/mol. The van der Waals surface area contributed by atoms with Crippen molar-refractivity contribution in [1.82, 2.24) is 9.80 Å². The minimum Gasteiger partial charge on any atom is -0.479 e. The molecule has 0 unspecified atom stereocenters. The van der Waals surface area contributed by atoms with Crippen LogP contribution in [-0.4, -0.2) is 75.2 Å². The zero-order valence-electron chi connectivity index (χ0n) is 22.4. The van der Waals surface area contributed by atoms with Gasteiger partial charge < -0.3 is 25.2 Å². The molecule has 0 aromatic heterocycles. The molecular weight excluding hydrogens is 533 g/mol. The van der Waals surface area contributed by atoms with E-state index in [1.165, 1.54) is 9.80 Å². The van der Waals surface area contributed by atoms with Gasteiger partial charge in [0.1, 0.15) is 13.2 Å². The molecule has 2 aliphatic heterocycles. The molecule has 2 aromatic rings. The van der Waals surface area contributed by atoms with Gasteiger partial charge in [-0.3, -0.25) is 9.59 Å². The number of carboxylic acids is 1. The van der Waals surface area contributed by atoms with E-state index in [1.807, 2.05) is 66.9 Å². The fourth-order valence-corrected chi connectivity index (χ4v) is 10.3. The summed E-state index contributed by atoms with van der Waals surface area (Å²) in [5.74, 6) is -1.22. The van der Waals surface area contributed by atoms with E-state index in [1.54, 1.807) is 11.8 Å². The Hall–Kier alpha value is -2.61. The number of amides is 2. The van der Waals surface area contributed by atoms with E-state index in [2.05, 4.69) is 0 Å². The second-order valence-electron chi connectivity index (χ2n) is 10.5. The Morgan fingerprint density at radius 3 is 2.15 bits per heavy atom. The van der Waals surface area contributed by atoms with Crippen molar-refractivity contribution in [2.75, 3.05) is 25.1 Å². The fourth-order valence-electron chi connectivity index (χ4n) is 6.04. The summed E-state index contributed by atoms with van der Waals surface area (Å²) in [6.45, 7) is 0.595. The lowest BCUT2D eigenvalue weighted by molar-refractivity contribution is -0.154. The maximum atomic E-state index is 15.2. The summed E-state index contributed by atoms with van der Waals surface area (Å²) in [5.41, 5.74) is 7.72. The summed E-state index contributed by atoms with van der Waals surface area (Å²) in [7, 11) is -3.65. The second-order valence-corrected chi connectivity index (χ2v) is 14.6. The van der Waals surface area contributed by atoms with Crippen LogP contribution in [0.3, 0.4) is 0 Å². The van der Waals surface area contributed by atoms with Crippen LogP contribution in [0.2, 0.25) is 0 Å². The van der Waals surface area contributed by atoms with Gasteiger partial charge in [0, 0.05) is 25.4 Å². The summed E-state index contributed by atoms with van der Waals surface area (Å²) >= 11 is 1.60. The number of thioether (sulfide) groups is 1. The van der Waals surface area contributed by atoms with Crippen LogP contribution in [0.25, 0.3) is 0 Å². The lowest BCUT2D eigenvalue weighted by Crippen LogP contribution is -2.59. The average Bonchev–Trinajstić information content (AvgIpc) is 3.61. The molecule has 2 aliphatic rings. The molecular formula is C29H38N3O5PS. The predicted octanol–water partition coefficient (Wildman–Crippen LogP) is 4.22. The van der Waals surface area contributed by atoms with E-state index in [0.29, 0.717) is 32.2 Å². The molecule has 4 rings (SSSR count). The molecule has 0 aliphatic carbocycles. The van der Waals surface area contributed by atoms with Crippen LogP contribution < -0.4 is 5.73 Å². The van der Waals surface area contributed by atoms with Crippen LogP contribution in [0.1, 0.15) is 43.2 Å². The lowest BCUT2D eigenvalue weighted by atomic mass is 10.1. The van der Waals surface area contributed by atoms with Gasteiger partial charge in [0.05, 0.1) is 6.04 Å². The molecule has 10 heteroatoms. The van der Waals surface area contributed by atoms with Gasteiger partial charge in [0.25, 0.3) is 0 Å². The minimum absolute atomic E-state index is 0.0612. The number of hydrogen-bond acceptors (Lipinski definition) is 6. The van der Waals surface area contributed by atoms with E-state index < -0.39 is 36.4 Å². The molecule has 0 saturated carbocycles. The quantitative estimate of drug-likeness (QED) is 0.387. The van der Waals surface area contributed by atoms with E-state index in [0.717, 1.165) is 16.9 Å². The van der Waals surface area contributed by atoms with Crippen LogP contribution in [-0.2, 0) is 31.3 Å². The molecule has 0 radical (unpaired) electrons. The number of likely N-dealkylation sites (tertiary alicyclic amines) is 2. The van der Waals surface area contributed by atoms with Gasteiger partial charge in [-0.05, 0) is 55.2 Å². The first-order valence-corrected chi connectivity index (χ1v) is 17.0. The number of carboxylic acid groups (broad SMARTS) is 1. The van der Waals surface area contributed by atoms with Gasteiger partial charge in [0.2, 0.25) is 11.8 Å². The highest BCUT2D eigenvalue weighted by Crippen LogP contribution is 2.67. The summed E-state index contributed by atoms with van der Waals surface area (Å²) in [4.78, 5) is 43.5. The summed E-state index contributed by atoms with van der Waals surface area (Å²) in [5, 5.41) is 8.96. The molecule has 3 N–H and O–H groups in total. The highest BCUT2D eigenvalue weighted by atomic mass is 32.2. The fraction of sp³-hybridized carbons (Fsp3) is 0.483. The molecule has 2 fully saturated rings. The molecule has 3 atom stereocenters. The summed E-state index contributed by atoms with van der Waals surface area (Å²) in [6.07, 6.45) is 4.19. The van der Waals surface area contributed by atoms with Crippen molar-refractivity contribution in [3.05, 3.63) is 71.8 Å². The molecule has 2 heterocycles. The predicted molar refractivity (Wildman–Crippen MR) is 155 cm³/mol. The van der Waals surface area contributed by atoms with E-state index in [-0.39, 0.29) is 31.2 Å². The zero-order valence-corrected chi connectivity index (χ0v) is 24.1. The Bertz CT molecular complexity index is 1170. The zero-order chi connectivity index (χ0) is 28.0. The number of nitrogens with zero attached hydrogens (tertiary/aromatic N) is 2. The standard InChI is InChI=1S/C29H38N3O5PS/c1-39-19-15-24(30)26(33)31-17-8-14-25(31)27(34)32-18-9-16-29(32,28(35)36)38(37,20-22-10-4-2-5-11-22)21-23-12-6-3-7-13-23/h2-7,10-13,24-25H,8-9,14-21,30H2,1H3,(H,35,36)/t24-,25-,29+/m0/s1. The maximum absolute atomic E-state index is 15.2. The molecule has 39 heavy (non-hydrogen) atoms. The number of carbonyl (C=O) groups is 3. The van der Waals surface area contributed by atoms with Crippen LogP contribution in [0.5, 0.6) is 0 Å². The topological polar surface area (TPSA) is 121 Å². The van der Waals surface area contributed by atoms with E-state index in [4.69, 9.17) is 5.73 Å². The number of rotatable bonds is 11. The third-order valence-electron chi connectivity index (χ3n) is 7.97. The van der Waals surface area contributed by atoms with Crippen molar-refractivity contribution in [1.29, 1.82) is 0 Å². The molecule has 2 amide bonds. The number of aliphatic carboxylic acids is 1. The van der Waals surface area contributed by atoms with Gasteiger partial charge >= 0.3 is 5.97 Å². The average molecular weight is 572 g/mol. The first-order valence-electron chi connectivity index (χ1n) is 13.5. The first kappa shape index (κ1) is 29.4. The SMILES string of the molecule is CSCC[C@H](N)C(=O)N1CCC[C@H]1C(=O)N1CCC[C@]1(C(=O)O)P(=O)(Cc1ccccc1)Cc1ccccc1. The molecule has 2 aromatic carbocycles. The summed E-state index contributed by atoms with van der Waals surface area (Å²) < 4.78 is 15.2. The van der Waals surface area contributed by atoms with Crippen LogP contribution in [0.15, 0.2) is 60.7 Å². The van der Waals surface area contributed by atoms with Crippen LogP contribution in [0, 0.1) is 0 Å². The van der Waals surface area contributed by atoms with Crippen molar-refractivity contribution in [2.24, 2.45) is 5.73 Å². The normalized spacial score (nSPS) is 22.2. The van der Waals surface area contributed by atoms with Gasteiger partial charge in [-0.15, -0.1) is 0 Å². The van der Waals surface area contributed by atoms with Gasteiger partial charge in [-0.2, -0.15) is 11.8 Å².